The average molecular weight is 410 g/mol. The van der Waals surface area contributed by atoms with Gasteiger partial charge < -0.3 is 14.5 Å². The third kappa shape index (κ3) is 4.06. The molecule has 2 fully saturated rings. The summed E-state index contributed by atoms with van der Waals surface area (Å²) in [5.41, 5.74) is 2.59. The van der Waals surface area contributed by atoms with Crippen LogP contribution in [0.1, 0.15) is 53.7 Å². The fourth-order valence-corrected chi connectivity index (χ4v) is 4.69. The van der Waals surface area contributed by atoms with Gasteiger partial charge in [-0.3, -0.25) is 4.79 Å². The SMILES string of the molecule is O=C(c1ccc(F)cc1)N1CCc2nc(OC3CCN(C4CCC4)CC3)ccc2C1. The van der Waals surface area contributed by atoms with Crippen LogP contribution >= 0.6 is 0 Å². The van der Waals surface area contributed by atoms with Crippen molar-refractivity contribution in [2.75, 3.05) is 19.6 Å². The fourth-order valence-electron chi connectivity index (χ4n) is 4.69. The first-order valence-corrected chi connectivity index (χ1v) is 11.1. The number of pyridine rings is 1. The van der Waals surface area contributed by atoms with Crippen molar-refractivity contribution in [3.8, 4) is 5.88 Å². The monoisotopic (exact) mass is 409 g/mol. The van der Waals surface area contributed by atoms with Gasteiger partial charge in [-0.25, -0.2) is 9.37 Å². The molecule has 0 N–H and O–H groups in total. The number of hydrogen-bond acceptors (Lipinski definition) is 4. The Morgan fingerprint density at radius 2 is 1.77 bits per heavy atom. The predicted octanol–water partition coefficient (Wildman–Crippen LogP) is 3.81. The molecule has 1 aliphatic carbocycles. The van der Waals surface area contributed by atoms with E-state index in [0.717, 1.165) is 43.2 Å². The Kier molecular flexibility index (Phi) is 5.42. The molecule has 1 aromatic carbocycles. The number of fused-ring (bicyclic) bond motifs is 1. The second kappa shape index (κ2) is 8.34. The van der Waals surface area contributed by atoms with Crippen LogP contribution in [-0.2, 0) is 13.0 Å². The van der Waals surface area contributed by atoms with Gasteiger partial charge in [0.25, 0.3) is 5.91 Å². The maximum Gasteiger partial charge on any atom is 0.254 e. The third-order valence-corrected chi connectivity index (χ3v) is 6.76. The van der Waals surface area contributed by atoms with E-state index >= 15 is 0 Å². The number of amides is 1. The molecular weight excluding hydrogens is 381 g/mol. The summed E-state index contributed by atoms with van der Waals surface area (Å²) in [6.45, 7) is 3.39. The van der Waals surface area contributed by atoms with Gasteiger partial charge in [0.2, 0.25) is 5.88 Å². The smallest absolute Gasteiger partial charge is 0.254 e. The van der Waals surface area contributed by atoms with Crippen LogP contribution < -0.4 is 4.74 Å². The van der Waals surface area contributed by atoms with Gasteiger partial charge in [-0.1, -0.05) is 12.5 Å². The molecule has 1 saturated heterocycles. The van der Waals surface area contributed by atoms with Crippen molar-refractivity contribution in [1.29, 1.82) is 0 Å². The summed E-state index contributed by atoms with van der Waals surface area (Å²) in [7, 11) is 0. The quantitative estimate of drug-likeness (QED) is 0.770. The molecular formula is C24H28FN3O2. The average Bonchev–Trinajstić information content (AvgIpc) is 2.73. The standard InChI is InChI=1S/C24H28FN3O2/c25-19-7-4-17(5-8-19)24(29)28-15-12-22-18(16-28)6-9-23(26-22)30-21-10-13-27(14-11-21)20-2-1-3-20/h4-9,20-21H,1-3,10-16H2. The summed E-state index contributed by atoms with van der Waals surface area (Å²) in [6.07, 6.45) is 7.18. The first-order valence-electron chi connectivity index (χ1n) is 11.1. The third-order valence-electron chi connectivity index (χ3n) is 6.76. The molecule has 0 radical (unpaired) electrons. The Morgan fingerprint density at radius 1 is 1.00 bits per heavy atom. The van der Waals surface area contributed by atoms with Crippen molar-refractivity contribution >= 4 is 5.91 Å². The molecule has 2 aromatic rings. The first kappa shape index (κ1) is 19.5. The van der Waals surface area contributed by atoms with E-state index in [1.807, 2.05) is 12.1 Å². The molecule has 158 valence electrons. The van der Waals surface area contributed by atoms with E-state index in [2.05, 4.69) is 4.90 Å². The van der Waals surface area contributed by atoms with E-state index in [0.29, 0.717) is 31.0 Å². The summed E-state index contributed by atoms with van der Waals surface area (Å²) in [5.74, 6) is 0.300. The minimum Gasteiger partial charge on any atom is -0.474 e. The van der Waals surface area contributed by atoms with E-state index < -0.39 is 0 Å². The fraction of sp³-hybridized carbons (Fsp3) is 0.500. The summed E-state index contributed by atoms with van der Waals surface area (Å²) >= 11 is 0. The second-order valence-electron chi connectivity index (χ2n) is 8.68. The Hall–Kier alpha value is -2.47. The number of piperidine rings is 1. The van der Waals surface area contributed by atoms with Gasteiger partial charge in [-0.2, -0.15) is 0 Å². The normalized spacial score (nSPS) is 20.5. The first-order chi connectivity index (χ1) is 14.7. The van der Waals surface area contributed by atoms with Gasteiger partial charge in [0.15, 0.2) is 0 Å². The summed E-state index contributed by atoms with van der Waals surface area (Å²) in [4.78, 5) is 21.9. The largest absolute Gasteiger partial charge is 0.474 e. The van der Waals surface area contributed by atoms with Gasteiger partial charge >= 0.3 is 0 Å². The zero-order valence-corrected chi connectivity index (χ0v) is 17.2. The molecule has 6 heteroatoms. The van der Waals surface area contributed by atoms with Crippen LogP contribution in [0.25, 0.3) is 0 Å². The van der Waals surface area contributed by atoms with Gasteiger partial charge in [0.05, 0.1) is 5.69 Å². The molecule has 1 amide bonds. The highest BCUT2D eigenvalue weighted by molar-refractivity contribution is 5.94. The van der Waals surface area contributed by atoms with Crippen LogP contribution in [0.2, 0.25) is 0 Å². The molecule has 0 unspecified atom stereocenters. The molecule has 0 atom stereocenters. The van der Waals surface area contributed by atoms with E-state index in [-0.39, 0.29) is 17.8 Å². The number of hydrogen-bond donors (Lipinski definition) is 0. The van der Waals surface area contributed by atoms with Crippen LogP contribution in [0.5, 0.6) is 5.88 Å². The van der Waals surface area contributed by atoms with Gasteiger partial charge in [-0.15, -0.1) is 0 Å². The van der Waals surface area contributed by atoms with Gasteiger partial charge in [0, 0.05) is 50.3 Å². The molecule has 3 heterocycles. The maximum atomic E-state index is 13.1. The van der Waals surface area contributed by atoms with Crippen LogP contribution in [0.15, 0.2) is 36.4 Å². The lowest BCUT2D eigenvalue weighted by Crippen LogP contribution is -2.46. The number of nitrogens with zero attached hydrogens (tertiary/aromatic N) is 3. The number of likely N-dealkylation sites (tertiary alicyclic amines) is 1. The molecule has 2 aliphatic heterocycles. The number of carbonyl (C=O) groups is 1. The van der Waals surface area contributed by atoms with Gasteiger partial charge in [0.1, 0.15) is 11.9 Å². The molecule has 0 bridgehead atoms. The zero-order valence-electron chi connectivity index (χ0n) is 17.2. The summed E-state index contributed by atoms with van der Waals surface area (Å²) in [6, 6.07) is 10.5. The Morgan fingerprint density at radius 3 is 2.47 bits per heavy atom. The molecule has 3 aliphatic rings. The van der Waals surface area contributed by atoms with E-state index in [9.17, 15) is 9.18 Å². The highest BCUT2D eigenvalue weighted by Crippen LogP contribution is 2.29. The van der Waals surface area contributed by atoms with Crippen LogP contribution in [0.3, 0.4) is 0 Å². The lowest BCUT2D eigenvalue weighted by molar-refractivity contribution is 0.0473. The topological polar surface area (TPSA) is 45.7 Å². The van der Waals surface area contributed by atoms with E-state index in [1.165, 1.54) is 31.4 Å². The Bertz CT molecular complexity index is 905. The van der Waals surface area contributed by atoms with Crippen molar-refractivity contribution < 1.29 is 13.9 Å². The number of ether oxygens (including phenoxy) is 1. The lowest BCUT2D eigenvalue weighted by atomic mass is 9.90. The van der Waals surface area contributed by atoms with Crippen LogP contribution in [0, 0.1) is 5.82 Å². The van der Waals surface area contributed by atoms with Crippen molar-refractivity contribution in [3.05, 3.63) is 59.0 Å². The van der Waals surface area contributed by atoms with Gasteiger partial charge in [-0.05, 0) is 55.5 Å². The number of carbonyl (C=O) groups excluding carboxylic acids is 1. The predicted molar refractivity (Wildman–Crippen MR) is 112 cm³/mol. The highest BCUT2D eigenvalue weighted by Gasteiger charge is 2.30. The lowest BCUT2D eigenvalue weighted by Gasteiger charge is -2.41. The van der Waals surface area contributed by atoms with Crippen LogP contribution in [0.4, 0.5) is 4.39 Å². The Labute approximate surface area is 176 Å². The Balaban J connectivity index is 1.18. The molecule has 30 heavy (non-hydrogen) atoms. The minimum atomic E-state index is -0.332. The van der Waals surface area contributed by atoms with Crippen molar-refractivity contribution in [3.63, 3.8) is 0 Å². The van der Waals surface area contributed by atoms with Crippen molar-refractivity contribution in [2.24, 2.45) is 0 Å². The molecule has 5 nitrogen and oxygen atoms in total. The van der Waals surface area contributed by atoms with E-state index in [1.54, 1.807) is 17.0 Å². The molecule has 5 rings (SSSR count). The molecule has 1 aromatic heterocycles. The minimum absolute atomic E-state index is 0.0702. The number of aromatic nitrogens is 1. The molecule has 0 spiro atoms. The van der Waals surface area contributed by atoms with E-state index in [4.69, 9.17) is 9.72 Å². The van der Waals surface area contributed by atoms with Crippen molar-refractivity contribution in [2.45, 2.75) is 57.2 Å². The maximum absolute atomic E-state index is 13.1. The summed E-state index contributed by atoms with van der Waals surface area (Å²) in [5, 5.41) is 0. The number of rotatable bonds is 4. The number of halogens is 1. The summed E-state index contributed by atoms with van der Waals surface area (Å²) < 4.78 is 19.3. The second-order valence-corrected chi connectivity index (χ2v) is 8.68. The zero-order chi connectivity index (χ0) is 20.5. The van der Waals surface area contributed by atoms with Crippen molar-refractivity contribution in [1.82, 2.24) is 14.8 Å². The van der Waals surface area contributed by atoms with Crippen LogP contribution in [-0.4, -0.2) is 52.5 Å². The molecule has 1 saturated carbocycles. The number of benzene rings is 1. The highest BCUT2D eigenvalue weighted by atomic mass is 19.1.